The summed E-state index contributed by atoms with van der Waals surface area (Å²) in [6.07, 6.45) is 1.50. The van der Waals surface area contributed by atoms with Crippen LogP contribution in [0.3, 0.4) is 0 Å². The molecule has 178 valence electrons. The number of amides is 1. The van der Waals surface area contributed by atoms with Gasteiger partial charge in [-0.2, -0.15) is 0 Å². The van der Waals surface area contributed by atoms with E-state index in [0.717, 1.165) is 17.8 Å². The number of benzene rings is 1. The lowest BCUT2D eigenvalue weighted by Gasteiger charge is -2.26. The molecule has 0 saturated carbocycles. The van der Waals surface area contributed by atoms with Crippen LogP contribution in [0, 0.1) is 11.7 Å². The number of thiophene rings is 1. The van der Waals surface area contributed by atoms with Gasteiger partial charge in [0.25, 0.3) is 11.5 Å². The number of nitrogen functional groups attached to an aromatic ring is 1. The maximum absolute atomic E-state index is 14.6. The summed E-state index contributed by atoms with van der Waals surface area (Å²) < 4.78 is 21.8. The number of nitrogens with one attached hydrogen (secondary N) is 1. The fourth-order valence-electron chi connectivity index (χ4n) is 3.76. The number of fused-ring (bicyclic) bond motifs is 1. The highest BCUT2D eigenvalue weighted by Gasteiger charge is 2.30. The van der Waals surface area contributed by atoms with E-state index in [1.165, 1.54) is 22.6 Å². The summed E-state index contributed by atoms with van der Waals surface area (Å²) in [6.45, 7) is 6.30. The number of nitrogens with zero attached hydrogens (tertiary/aromatic N) is 2. The maximum atomic E-state index is 14.6. The van der Waals surface area contributed by atoms with Gasteiger partial charge < -0.3 is 10.5 Å². The molecule has 0 bridgehead atoms. The second-order valence-corrected chi connectivity index (χ2v) is 9.32. The molecule has 2 aromatic heterocycles. The molecule has 1 aromatic carbocycles. The zero-order valence-electron chi connectivity index (χ0n) is 19.2. The van der Waals surface area contributed by atoms with E-state index in [0.29, 0.717) is 28.6 Å². The zero-order valence-corrected chi connectivity index (χ0v) is 20.1. The molecule has 0 fully saturated rings. The number of hydrogen-bond acceptors (Lipinski definition) is 6. The SMILES string of the molecule is CCCCn1c(N)c(N(CC(C)C)C(=O)c2sc3cccc(F)c3c2COC)c(=O)[nH]c1=O. The van der Waals surface area contributed by atoms with E-state index in [1.54, 1.807) is 12.1 Å². The van der Waals surface area contributed by atoms with Gasteiger partial charge in [0.05, 0.1) is 11.5 Å². The van der Waals surface area contributed by atoms with E-state index in [4.69, 9.17) is 10.5 Å². The van der Waals surface area contributed by atoms with Gasteiger partial charge in [-0.1, -0.05) is 33.3 Å². The van der Waals surface area contributed by atoms with E-state index in [1.807, 2.05) is 20.8 Å². The van der Waals surface area contributed by atoms with E-state index in [9.17, 15) is 18.8 Å². The van der Waals surface area contributed by atoms with E-state index in [-0.39, 0.29) is 35.5 Å². The van der Waals surface area contributed by atoms with Crippen LogP contribution in [0.25, 0.3) is 10.1 Å². The number of rotatable bonds is 9. The highest BCUT2D eigenvalue weighted by Crippen LogP contribution is 2.35. The zero-order chi connectivity index (χ0) is 24.3. The van der Waals surface area contributed by atoms with E-state index in [2.05, 4.69) is 4.98 Å². The average Bonchev–Trinajstić information content (AvgIpc) is 3.12. The van der Waals surface area contributed by atoms with Crippen LogP contribution in [0.5, 0.6) is 0 Å². The van der Waals surface area contributed by atoms with Crippen molar-refractivity contribution in [3.05, 3.63) is 55.3 Å². The van der Waals surface area contributed by atoms with Crippen LogP contribution in [0.15, 0.2) is 27.8 Å². The Kier molecular flexibility index (Phi) is 7.70. The summed E-state index contributed by atoms with van der Waals surface area (Å²) in [5.74, 6) is -1.02. The van der Waals surface area contributed by atoms with Crippen molar-refractivity contribution < 1.29 is 13.9 Å². The van der Waals surface area contributed by atoms with Gasteiger partial charge in [0.2, 0.25) is 0 Å². The van der Waals surface area contributed by atoms with Crippen LogP contribution in [0.1, 0.15) is 48.8 Å². The summed E-state index contributed by atoms with van der Waals surface area (Å²) in [7, 11) is 1.47. The summed E-state index contributed by atoms with van der Waals surface area (Å²) in [5, 5.41) is 0.326. The Morgan fingerprint density at radius 3 is 2.70 bits per heavy atom. The third-order valence-corrected chi connectivity index (χ3v) is 6.44. The molecular formula is C23H29FN4O4S. The molecule has 2 heterocycles. The topological polar surface area (TPSA) is 110 Å². The number of methoxy groups -OCH3 is 1. The van der Waals surface area contributed by atoms with Crippen molar-refractivity contribution in [1.29, 1.82) is 0 Å². The Hall–Kier alpha value is -2.98. The van der Waals surface area contributed by atoms with Crippen molar-refractivity contribution in [3.8, 4) is 0 Å². The number of unbranched alkanes of at least 4 members (excludes halogenated alkanes) is 1. The number of aromatic amines is 1. The molecule has 33 heavy (non-hydrogen) atoms. The van der Waals surface area contributed by atoms with Crippen LogP contribution >= 0.6 is 11.3 Å². The normalized spacial score (nSPS) is 11.5. The molecule has 3 N–H and O–H groups in total. The molecule has 10 heteroatoms. The molecule has 3 rings (SSSR count). The summed E-state index contributed by atoms with van der Waals surface area (Å²) >= 11 is 1.14. The smallest absolute Gasteiger partial charge is 0.330 e. The Morgan fingerprint density at radius 1 is 1.33 bits per heavy atom. The molecule has 0 aliphatic heterocycles. The molecule has 0 saturated heterocycles. The largest absolute Gasteiger partial charge is 0.383 e. The van der Waals surface area contributed by atoms with Crippen molar-refractivity contribution >= 4 is 38.8 Å². The van der Waals surface area contributed by atoms with Crippen molar-refractivity contribution in [3.63, 3.8) is 0 Å². The highest BCUT2D eigenvalue weighted by atomic mass is 32.1. The summed E-state index contributed by atoms with van der Waals surface area (Å²) in [4.78, 5) is 42.9. The van der Waals surface area contributed by atoms with Gasteiger partial charge in [0.15, 0.2) is 5.69 Å². The third-order valence-electron chi connectivity index (χ3n) is 5.26. The first-order valence-corrected chi connectivity index (χ1v) is 11.7. The number of carbonyl (C=O) groups excluding carboxylic acids is 1. The lowest BCUT2D eigenvalue weighted by molar-refractivity contribution is 0.0983. The second kappa shape index (κ2) is 10.3. The van der Waals surface area contributed by atoms with Gasteiger partial charge in [-0.25, -0.2) is 9.18 Å². The van der Waals surface area contributed by atoms with Crippen LogP contribution < -0.4 is 21.9 Å². The van der Waals surface area contributed by atoms with Crippen LogP contribution in [0.4, 0.5) is 15.9 Å². The van der Waals surface area contributed by atoms with Crippen molar-refractivity contribution in [1.82, 2.24) is 9.55 Å². The number of carbonyl (C=O) groups is 1. The predicted octanol–water partition coefficient (Wildman–Crippen LogP) is 3.72. The summed E-state index contributed by atoms with van der Waals surface area (Å²) in [5.41, 5.74) is 5.27. The first kappa shape index (κ1) is 24.7. The third kappa shape index (κ3) is 4.86. The van der Waals surface area contributed by atoms with Crippen LogP contribution in [-0.4, -0.2) is 29.1 Å². The quantitative estimate of drug-likeness (QED) is 0.489. The van der Waals surface area contributed by atoms with E-state index < -0.39 is 23.0 Å². The average molecular weight is 477 g/mol. The van der Waals surface area contributed by atoms with Gasteiger partial charge >= 0.3 is 5.69 Å². The van der Waals surface area contributed by atoms with Crippen molar-refractivity contribution in [2.24, 2.45) is 5.92 Å². The minimum Gasteiger partial charge on any atom is -0.383 e. The molecule has 3 aromatic rings. The summed E-state index contributed by atoms with van der Waals surface area (Å²) in [6, 6.07) is 4.65. The first-order valence-electron chi connectivity index (χ1n) is 10.8. The molecule has 0 aliphatic carbocycles. The molecule has 1 amide bonds. The van der Waals surface area contributed by atoms with Gasteiger partial charge in [0.1, 0.15) is 11.6 Å². The lowest BCUT2D eigenvalue weighted by atomic mass is 10.1. The maximum Gasteiger partial charge on any atom is 0.330 e. The predicted molar refractivity (Wildman–Crippen MR) is 130 cm³/mol. The Bertz CT molecular complexity index is 1280. The fraction of sp³-hybridized carbons (Fsp3) is 0.435. The Labute approximate surface area is 194 Å². The molecule has 0 spiro atoms. The number of hydrogen-bond donors (Lipinski definition) is 2. The number of H-pyrrole nitrogens is 1. The van der Waals surface area contributed by atoms with E-state index >= 15 is 0 Å². The molecule has 8 nitrogen and oxygen atoms in total. The van der Waals surface area contributed by atoms with Crippen LogP contribution in [0.2, 0.25) is 0 Å². The molecule has 0 aliphatic rings. The number of aromatic nitrogens is 2. The molecule has 0 atom stereocenters. The van der Waals surface area contributed by atoms with Crippen molar-refractivity contribution in [2.75, 3.05) is 24.3 Å². The Morgan fingerprint density at radius 2 is 2.06 bits per heavy atom. The lowest BCUT2D eigenvalue weighted by Crippen LogP contribution is -2.42. The van der Waals surface area contributed by atoms with Crippen molar-refractivity contribution in [2.45, 2.75) is 46.8 Å². The molecular weight excluding hydrogens is 447 g/mol. The van der Waals surface area contributed by atoms with Gasteiger partial charge in [0, 0.05) is 35.8 Å². The number of anilines is 2. The Balaban J connectivity index is 2.23. The number of ether oxygens (including phenoxy) is 1. The molecule has 0 radical (unpaired) electrons. The second-order valence-electron chi connectivity index (χ2n) is 8.26. The van der Waals surface area contributed by atoms with Crippen LogP contribution in [-0.2, 0) is 17.9 Å². The number of halogens is 1. The number of nitrogens with two attached hydrogens (primary N) is 1. The minimum atomic E-state index is -0.736. The standard InChI is InChI=1S/C23H29FN4O4S/c1-5-6-10-27-20(25)18(21(29)26-23(27)31)28(11-13(2)3)22(30)19-14(12-32-4)17-15(24)8-7-9-16(17)33-19/h7-9,13H,5-6,10-12,25H2,1-4H3,(H,26,29,31). The fourth-order valence-corrected chi connectivity index (χ4v) is 4.93. The molecule has 0 unspecified atom stereocenters. The van der Waals surface area contributed by atoms with Gasteiger partial charge in [-0.3, -0.25) is 24.0 Å². The first-order chi connectivity index (χ1) is 15.7. The van der Waals surface area contributed by atoms with Gasteiger partial charge in [-0.05, 0) is 24.5 Å². The highest BCUT2D eigenvalue weighted by molar-refractivity contribution is 7.21. The van der Waals surface area contributed by atoms with Gasteiger partial charge in [-0.15, -0.1) is 11.3 Å². The minimum absolute atomic E-state index is 0.0132. The monoisotopic (exact) mass is 476 g/mol.